The molecule has 1 N–H and O–H groups in total. The Kier molecular flexibility index (Phi) is 7.62. The number of rotatable bonds is 5. The minimum atomic E-state index is -0.918. The van der Waals surface area contributed by atoms with Gasteiger partial charge in [-0.25, -0.2) is 4.79 Å². The molecule has 1 saturated carbocycles. The number of nitrogens with one attached hydrogen (secondary N) is 1. The fourth-order valence-corrected chi connectivity index (χ4v) is 3.47. The highest BCUT2D eigenvalue weighted by Crippen LogP contribution is 2.41. The van der Waals surface area contributed by atoms with Gasteiger partial charge in [-0.3, -0.25) is 14.4 Å². The van der Waals surface area contributed by atoms with Crippen molar-refractivity contribution in [2.24, 2.45) is 17.8 Å². The molecule has 2 amide bonds. The summed E-state index contributed by atoms with van der Waals surface area (Å²) in [5.41, 5.74) is -0.723. The molecule has 27 heavy (non-hydrogen) atoms. The summed E-state index contributed by atoms with van der Waals surface area (Å²) in [6.45, 7) is 6.77. The van der Waals surface area contributed by atoms with Gasteiger partial charge in [0.05, 0.1) is 32.1 Å². The SMILES string of the molecule is COC(=O)C1C[C@@H](CNC(C)=O)[C@H](N(C)C(=O)OC(C)(C)C)[C@H]1C(=O)OC. The molecule has 0 aromatic rings. The number of carbonyl (C=O) groups is 4. The maximum absolute atomic E-state index is 12.6. The summed E-state index contributed by atoms with van der Waals surface area (Å²) >= 11 is 0. The van der Waals surface area contributed by atoms with Gasteiger partial charge in [-0.05, 0) is 33.1 Å². The number of nitrogens with zero attached hydrogens (tertiary/aromatic N) is 1. The lowest BCUT2D eigenvalue weighted by atomic mass is 9.92. The molecule has 0 radical (unpaired) electrons. The third kappa shape index (κ3) is 5.83. The number of hydrogen-bond acceptors (Lipinski definition) is 7. The van der Waals surface area contributed by atoms with Crippen LogP contribution in [0.4, 0.5) is 4.79 Å². The Hall–Kier alpha value is -2.32. The molecule has 0 bridgehead atoms. The fraction of sp³-hybridized carbons (Fsp3) is 0.778. The summed E-state index contributed by atoms with van der Waals surface area (Å²) in [4.78, 5) is 49.9. The molecule has 9 nitrogen and oxygen atoms in total. The highest BCUT2D eigenvalue weighted by molar-refractivity contribution is 5.84. The van der Waals surface area contributed by atoms with Crippen molar-refractivity contribution in [3.8, 4) is 0 Å². The van der Waals surface area contributed by atoms with Crippen LogP contribution >= 0.6 is 0 Å². The Balaban J connectivity index is 3.24. The first-order valence-corrected chi connectivity index (χ1v) is 8.78. The summed E-state index contributed by atoms with van der Waals surface area (Å²) in [5, 5.41) is 2.69. The summed E-state index contributed by atoms with van der Waals surface area (Å²) in [6, 6.07) is -0.691. The van der Waals surface area contributed by atoms with E-state index >= 15 is 0 Å². The second-order valence-corrected chi connectivity index (χ2v) is 7.69. The molecule has 9 heteroatoms. The molecular weight excluding hydrogens is 356 g/mol. The molecule has 4 atom stereocenters. The first-order valence-electron chi connectivity index (χ1n) is 8.78. The Labute approximate surface area is 159 Å². The number of esters is 2. The van der Waals surface area contributed by atoms with Crippen molar-refractivity contribution in [1.29, 1.82) is 0 Å². The van der Waals surface area contributed by atoms with Gasteiger partial charge in [-0.2, -0.15) is 0 Å². The number of amides is 2. The van der Waals surface area contributed by atoms with Gasteiger partial charge in [0.2, 0.25) is 5.91 Å². The Bertz CT molecular complexity index is 585. The lowest BCUT2D eigenvalue weighted by molar-refractivity contribution is -0.157. The minimum Gasteiger partial charge on any atom is -0.469 e. The molecule has 0 heterocycles. The largest absolute Gasteiger partial charge is 0.469 e. The van der Waals surface area contributed by atoms with Gasteiger partial charge in [0, 0.05) is 20.5 Å². The van der Waals surface area contributed by atoms with Crippen molar-refractivity contribution in [2.45, 2.75) is 45.8 Å². The van der Waals surface area contributed by atoms with Crippen LogP contribution in [0.2, 0.25) is 0 Å². The van der Waals surface area contributed by atoms with Crippen LogP contribution in [0, 0.1) is 17.8 Å². The lowest BCUT2D eigenvalue weighted by Gasteiger charge is -2.34. The van der Waals surface area contributed by atoms with Crippen molar-refractivity contribution >= 4 is 23.9 Å². The maximum Gasteiger partial charge on any atom is 0.410 e. The molecule has 1 aliphatic rings. The second-order valence-electron chi connectivity index (χ2n) is 7.69. The number of hydrogen-bond donors (Lipinski definition) is 1. The van der Waals surface area contributed by atoms with E-state index in [4.69, 9.17) is 14.2 Å². The molecule has 0 saturated heterocycles. The van der Waals surface area contributed by atoms with Gasteiger partial charge in [0.15, 0.2) is 0 Å². The molecule has 1 rings (SSSR count). The summed E-state index contributed by atoms with van der Waals surface area (Å²) in [7, 11) is 3.97. The zero-order valence-corrected chi connectivity index (χ0v) is 17.0. The van der Waals surface area contributed by atoms with Crippen LogP contribution in [-0.4, -0.2) is 68.3 Å². The van der Waals surface area contributed by atoms with Gasteiger partial charge in [-0.15, -0.1) is 0 Å². The number of methoxy groups -OCH3 is 2. The van der Waals surface area contributed by atoms with Gasteiger partial charge in [0.25, 0.3) is 0 Å². The standard InChI is InChI=1S/C18H30N2O7/c1-10(21)19-9-11-8-12(15(22)25-6)13(16(23)26-7)14(11)20(5)17(24)27-18(2,3)4/h11-14H,8-9H2,1-7H3,(H,19,21)/t11-,12?,13-,14-/m0/s1. The van der Waals surface area contributed by atoms with Crippen LogP contribution in [0.1, 0.15) is 34.1 Å². The van der Waals surface area contributed by atoms with Crippen molar-refractivity contribution in [2.75, 3.05) is 27.8 Å². The Morgan fingerprint density at radius 2 is 1.63 bits per heavy atom. The molecule has 0 spiro atoms. The van der Waals surface area contributed by atoms with E-state index in [1.807, 2.05) is 0 Å². The van der Waals surface area contributed by atoms with Crippen LogP contribution in [0.3, 0.4) is 0 Å². The van der Waals surface area contributed by atoms with Gasteiger partial charge in [-0.1, -0.05) is 0 Å². The zero-order valence-electron chi connectivity index (χ0n) is 17.0. The zero-order chi connectivity index (χ0) is 20.9. The Morgan fingerprint density at radius 1 is 1.07 bits per heavy atom. The highest BCUT2D eigenvalue weighted by Gasteiger charge is 2.54. The van der Waals surface area contributed by atoms with E-state index in [-0.39, 0.29) is 24.8 Å². The quantitative estimate of drug-likeness (QED) is 0.553. The van der Waals surface area contributed by atoms with Crippen LogP contribution in [0.15, 0.2) is 0 Å². The molecule has 154 valence electrons. The Morgan fingerprint density at radius 3 is 2.07 bits per heavy atom. The van der Waals surface area contributed by atoms with Gasteiger partial charge in [0.1, 0.15) is 5.60 Å². The van der Waals surface area contributed by atoms with Crippen molar-refractivity contribution < 1.29 is 33.4 Å². The van der Waals surface area contributed by atoms with E-state index in [0.717, 1.165) is 0 Å². The van der Waals surface area contributed by atoms with E-state index in [1.165, 1.54) is 33.1 Å². The number of ether oxygens (including phenoxy) is 3. The summed E-state index contributed by atoms with van der Waals surface area (Å²) in [6.07, 6.45) is -0.357. The molecule has 1 unspecified atom stereocenters. The minimum absolute atomic E-state index is 0.203. The highest BCUT2D eigenvalue weighted by atomic mass is 16.6. The average molecular weight is 386 g/mol. The first kappa shape index (κ1) is 22.7. The second kappa shape index (κ2) is 9.05. The third-order valence-corrected chi connectivity index (χ3v) is 4.56. The van der Waals surface area contributed by atoms with Crippen molar-refractivity contribution in [3.05, 3.63) is 0 Å². The topological polar surface area (TPSA) is 111 Å². The number of carbonyl (C=O) groups excluding carboxylic acids is 4. The predicted molar refractivity (Wildman–Crippen MR) is 95.6 cm³/mol. The lowest BCUT2D eigenvalue weighted by Crippen LogP contribution is -2.50. The fourth-order valence-electron chi connectivity index (χ4n) is 3.47. The van der Waals surface area contributed by atoms with E-state index in [2.05, 4.69) is 5.32 Å². The summed E-state index contributed by atoms with van der Waals surface area (Å²) < 4.78 is 15.1. The molecule has 1 fully saturated rings. The van der Waals surface area contributed by atoms with E-state index in [9.17, 15) is 19.2 Å². The first-order chi connectivity index (χ1) is 12.4. The van der Waals surface area contributed by atoms with Gasteiger partial charge < -0.3 is 24.4 Å². The predicted octanol–water partition coefficient (Wildman–Crippen LogP) is 0.956. The van der Waals surface area contributed by atoms with E-state index in [0.29, 0.717) is 0 Å². The van der Waals surface area contributed by atoms with Crippen LogP contribution in [0.5, 0.6) is 0 Å². The molecule has 1 aliphatic carbocycles. The van der Waals surface area contributed by atoms with Gasteiger partial charge >= 0.3 is 18.0 Å². The monoisotopic (exact) mass is 386 g/mol. The summed E-state index contributed by atoms with van der Waals surface area (Å²) in [5.74, 6) is -3.46. The van der Waals surface area contributed by atoms with E-state index in [1.54, 1.807) is 20.8 Å². The van der Waals surface area contributed by atoms with Crippen LogP contribution in [0.25, 0.3) is 0 Å². The average Bonchev–Trinajstić information content (AvgIpc) is 2.95. The van der Waals surface area contributed by atoms with E-state index < -0.39 is 41.5 Å². The molecule has 0 aromatic carbocycles. The van der Waals surface area contributed by atoms with Crippen LogP contribution < -0.4 is 5.32 Å². The smallest absolute Gasteiger partial charge is 0.410 e. The normalized spacial score (nSPS) is 24.7. The third-order valence-electron chi connectivity index (χ3n) is 4.56. The molecular formula is C18H30N2O7. The van der Waals surface area contributed by atoms with Crippen molar-refractivity contribution in [1.82, 2.24) is 10.2 Å². The van der Waals surface area contributed by atoms with Crippen LogP contribution in [-0.2, 0) is 28.6 Å². The molecule has 0 aromatic heterocycles. The maximum atomic E-state index is 12.6. The van der Waals surface area contributed by atoms with Crippen molar-refractivity contribution in [3.63, 3.8) is 0 Å². The molecule has 0 aliphatic heterocycles.